The molecule has 1 atom stereocenters. The van der Waals surface area contributed by atoms with Crippen LogP contribution in [0.1, 0.15) is 43.5 Å². The van der Waals surface area contributed by atoms with Gasteiger partial charge in [0.2, 0.25) is 0 Å². The van der Waals surface area contributed by atoms with E-state index in [4.69, 9.17) is 5.73 Å². The third kappa shape index (κ3) is 3.61. The van der Waals surface area contributed by atoms with E-state index in [2.05, 4.69) is 55.0 Å². The molecule has 0 saturated carbocycles. The van der Waals surface area contributed by atoms with Crippen molar-refractivity contribution in [1.82, 2.24) is 9.97 Å². The summed E-state index contributed by atoms with van der Waals surface area (Å²) in [6, 6.07) is 8.63. The van der Waals surface area contributed by atoms with Gasteiger partial charge in [-0.25, -0.2) is 9.97 Å². The highest BCUT2D eigenvalue weighted by Crippen LogP contribution is 2.23. The summed E-state index contributed by atoms with van der Waals surface area (Å²) in [5, 5.41) is 0. The second-order valence-corrected chi connectivity index (χ2v) is 5.93. The van der Waals surface area contributed by atoms with Crippen molar-refractivity contribution in [2.75, 3.05) is 0 Å². The van der Waals surface area contributed by atoms with Gasteiger partial charge < -0.3 is 5.73 Å². The Morgan fingerprint density at radius 1 is 1.05 bits per heavy atom. The largest absolute Gasteiger partial charge is 0.324 e. The molecule has 3 nitrogen and oxygen atoms in total. The lowest BCUT2D eigenvalue weighted by molar-refractivity contribution is 0.589. The average Bonchev–Trinajstić information content (AvgIpc) is 2.39. The Bertz CT molecular complexity index is 512. The maximum absolute atomic E-state index is 6.17. The Hall–Kier alpha value is -1.74. The zero-order chi connectivity index (χ0) is 13.9. The molecule has 0 saturated heterocycles. The van der Waals surface area contributed by atoms with Gasteiger partial charge >= 0.3 is 0 Å². The molecule has 0 spiro atoms. The van der Waals surface area contributed by atoms with Crippen LogP contribution in [0.5, 0.6) is 0 Å². The molecule has 2 N–H and O–H groups in total. The van der Waals surface area contributed by atoms with E-state index >= 15 is 0 Å². The van der Waals surface area contributed by atoms with Crippen LogP contribution < -0.4 is 5.73 Å². The molecule has 0 bridgehead atoms. The molecule has 0 aliphatic rings. The maximum atomic E-state index is 6.17. The molecule has 3 heteroatoms. The first-order valence-corrected chi connectivity index (χ1v) is 6.57. The average molecular weight is 255 g/mol. The summed E-state index contributed by atoms with van der Waals surface area (Å²) in [6.07, 6.45) is 5.88. The molecular weight excluding hydrogens is 234 g/mol. The molecule has 2 rings (SSSR count). The van der Waals surface area contributed by atoms with Gasteiger partial charge in [-0.15, -0.1) is 0 Å². The summed E-state index contributed by atoms with van der Waals surface area (Å²) in [5.41, 5.74) is 9.91. The zero-order valence-corrected chi connectivity index (χ0v) is 11.8. The highest BCUT2D eigenvalue weighted by atomic mass is 14.8. The van der Waals surface area contributed by atoms with Crippen LogP contribution in [0.15, 0.2) is 43.0 Å². The molecule has 0 radical (unpaired) electrons. The van der Waals surface area contributed by atoms with Gasteiger partial charge in [0.1, 0.15) is 6.33 Å². The molecule has 19 heavy (non-hydrogen) atoms. The maximum Gasteiger partial charge on any atom is 0.115 e. The van der Waals surface area contributed by atoms with Crippen molar-refractivity contribution in [2.45, 2.75) is 38.6 Å². The number of benzene rings is 1. The van der Waals surface area contributed by atoms with E-state index in [1.165, 1.54) is 17.5 Å². The van der Waals surface area contributed by atoms with Gasteiger partial charge in [-0.2, -0.15) is 0 Å². The summed E-state index contributed by atoms with van der Waals surface area (Å²) >= 11 is 0. The van der Waals surface area contributed by atoms with Crippen molar-refractivity contribution in [3.05, 3.63) is 59.7 Å². The van der Waals surface area contributed by atoms with E-state index in [1.807, 2.05) is 0 Å². The zero-order valence-electron chi connectivity index (χ0n) is 11.8. The number of nitrogens with zero attached hydrogens (tertiary/aromatic N) is 2. The van der Waals surface area contributed by atoms with Crippen LogP contribution in [0.2, 0.25) is 0 Å². The van der Waals surface area contributed by atoms with Crippen molar-refractivity contribution in [2.24, 2.45) is 5.73 Å². The molecule has 0 amide bonds. The Balaban J connectivity index is 2.08. The Morgan fingerprint density at radius 3 is 2.16 bits per heavy atom. The highest BCUT2D eigenvalue weighted by Gasteiger charge is 2.13. The van der Waals surface area contributed by atoms with Crippen molar-refractivity contribution >= 4 is 0 Å². The van der Waals surface area contributed by atoms with E-state index in [-0.39, 0.29) is 11.5 Å². The standard InChI is InChI=1S/C16H21N3/c1-16(2,3)14-6-4-12(5-7-14)8-15(17)13-9-18-11-19-10-13/h4-7,9-11,15H,8,17H2,1-3H3. The fraction of sp³-hybridized carbons (Fsp3) is 0.375. The van der Waals surface area contributed by atoms with Gasteiger partial charge in [0, 0.05) is 24.0 Å². The Morgan fingerprint density at radius 2 is 1.63 bits per heavy atom. The van der Waals surface area contributed by atoms with Crippen LogP contribution >= 0.6 is 0 Å². The molecule has 2 aromatic rings. The fourth-order valence-corrected chi connectivity index (χ4v) is 2.01. The number of hydrogen-bond acceptors (Lipinski definition) is 3. The van der Waals surface area contributed by atoms with Gasteiger partial charge in [-0.05, 0) is 23.0 Å². The third-order valence-electron chi connectivity index (χ3n) is 3.28. The highest BCUT2D eigenvalue weighted by molar-refractivity contribution is 5.28. The molecule has 1 aromatic heterocycles. The minimum Gasteiger partial charge on any atom is -0.324 e. The summed E-state index contributed by atoms with van der Waals surface area (Å²) < 4.78 is 0. The first kappa shape index (κ1) is 13.7. The fourth-order valence-electron chi connectivity index (χ4n) is 2.01. The Kier molecular flexibility index (Phi) is 3.96. The van der Waals surface area contributed by atoms with Gasteiger partial charge in [0.05, 0.1) is 0 Å². The van der Waals surface area contributed by atoms with Crippen molar-refractivity contribution in [3.63, 3.8) is 0 Å². The van der Waals surface area contributed by atoms with Gasteiger partial charge in [-0.3, -0.25) is 0 Å². The predicted octanol–water partition coefficient (Wildman–Crippen LogP) is 3.02. The second-order valence-electron chi connectivity index (χ2n) is 5.93. The SMILES string of the molecule is CC(C)(C)c1ccc(CC(N)c2cncnc2)cc1. The predicted molar refractivity (Wildman–Crippen MR) is 77.8 cm³/mol. The summed E-state index contributed by atoms with van der Waals surface area (Å²) in [4.78, 5) is 8.01. The summed E-state index contributed by atoms with van der Waals surface area (Å²) in [5.74, 6) is 0. The molecule has 0 aliphatic heterocycles. The van der Waals surface area contributed by atoms with Crippen LogP contribution in [0, 0.1) is 0 Å². The van der Waals surface area contributed by atoms with Crippen molar-refractivity contribution < 1.29 is 0 Å². The third-order valence-corrected chi connectivity index (χ3v) is 3.28. The molecule has 1 unspecified atom stereocenters. The summed E-state index contributed by atoms with van der Waals surface area (Å²) in [6.45, 7) is 6.65. The van der Waals surface area contributed by atoms with E-state index in [9.17, 15) is 0 Å². The lowest BCUT2D eigenvalue weighted by Crippen LogP contribution is -2.14. The van der Waals surface area contributed by atoms with Gasteiger partial charge in [0.15, 0.2) is 0 Å². The quantitative estimate of drug-likeness (QED) is 0.917. The smallest absolute Gasteiger partial charge is 0.115 e. The molecular formula is C16H21N3. The van der Waals surface area contributed by atoms with Crippen LogP contribution in [0.3, 0.4) is 0 Å². The molecule has 1 aromatic carbocycles. The van der Waals surface area contributed by atoms with Crippen LogP contribution in [0.4, 0.5) is 0 Å². The van der Waals surface area contributed by atoms with E-state index in [0.29, 0.717) is 0 Å². The molecule has 0 aliphatic carbocycles. The van der Waals surface area contributed by atoms with Crippen LogP contribution in [0.25, 0.3) is 0 Å². The first-order chi connectivity index (χ1) is 8.97. The lowest BCUT2D eigenvalue weighted by atomic mass is 9.86. The van der Waals surface area contributed by atoms with Crippen LogP contribution in [-0.2, 0) is 11.8 Å². The van der Waals surface area contributed by atoms with Crippen molar-refractivity contribution in [3.8, 4) is 0 Å². The first-order valence-electron chi connectivity index (χ1n) is 6.57. The van der Waals surface area contributed by atoms with Crippen molar-refractivity contribution in [1.29, 1.82) is 0 Å². The monoisotopic (exact) mass is 255 g/mol. The molecule has 1 heterocycles. The van der Waals surface area contributed by atoms with Gasteiger partial charge in [0.25, 0.3) is 0 Å². The van der Waals surface area contributed by atoms with Crippen LogP contribution in [-0.4, -0.2) is 9.97 Å². The molecule has 0 fully saturated rings. The topological polar surface area (TPSA) is 51.8 Å². The second kappa shape index (κ2) is 5.49. The minimum absolute atomic E-state index is 0.0540. The summed E-state index contributed by atoms with van der Waals surface area (Å²) in [7, 11) is 0. The lowest BCUT2D eigenvalue weighted by Gasteiger charge is -2.19. The molecule has 100 valence electrons. The minimum atomic E-state index is -0.0540. The van der Waals surface area contributed by atoms with E-state index < -0.39 is 0 Å². The van der Waals surface area contributed by atoms with E-state index in [0.717, 1.165) is 12.0 Å². The number of aromatic nitrogens is 2. The van der Waals surface area contributed by atoms with E-state index in [1.54, 1.807) is 12.4 Å². The number of rotatable bonds is 3. The van der Waals surface area contributed by atoms with Gasteiger partial charge in [-0.1, -0.05) is 45.0 Å². The number of nitrogens with two attached hydrogens (primary N) is 1. The normalized spacial score (nSPS) is 13.3. The Labute approximate surface area is 114 Å². The number of hydrogen-bond donors (Lipinski definition) is 1.